The molecular formula is C10H15N3O. The van der Waals surface area contributed by atoms with E-state index in [0.29, 0.717) is 12.5 Å². The van der Waals surface area contributed by atoms with Gasteiger partial charge in [-0.15, -0.1) is 0 Å². The van der Waals surface area contributed by atoms with E-state index in [4.69, 9.17) is 0 Å². The molecule has 0 aromatic carbocycles. The van der Waals surface area contributed by atoms with Gasteiger partial charge in [0.05, 0.1) is 11.3 Å². The monoisotopic (exact) mass is 193 g/mol. The van der Waals surface area contributed by atoms with E-state index in [9.17, 15) is 4.79 Å². The standard InChI is InChI=1S/C10H15N3O/c1-3-6(2)9-12-8-5-11-4-7(8)10(14)13-9/h6,11H,3-5H2,1-2H3,(H,12,13,14). The molecule has 1 unspecified atom stereocenters. The van der Waals surface area contributed by atoms with Crippen LogP contribution in [0.5, 0.6) is 0 Å². The minimum atomic E-state index is 0.0234. The molecule has 0 amide bonds. The molecule has 0 spiro atoms. The summed E-state index contributed by atoms with van der Waals surface area (Å²) < 4.78 is 0. The second kappa shape index (κ2) is 3.53. The van der Waals surface area contributed by atoms with Crippen molar-refractivity contribution in [3.8, 4) is 0 Å². The second-order valence-electron chi connectivity index (χ2n) is 3.79. The first-order valence-corrected chi connectivity index (χ1v) is 5.05. The van der Waals surface area contributed by atoms with Crippen LogP contribution in [0.15, 0.2) is 4.79 Å². The zero-order valence-electron chi connectivity index (χ0n) is 8.55. The Morgan fingerprint density at radius 3 is 3.00 bits per heavy atom. The average Bonchev–Trinajstić information content (AvgIpc) is 2.64. The van der Waals surface area contributed by atoms with Gasteiger partial charge in [0.1, 0.15) is 5.82 Å². The molecular weight excluding hydrogens is 178 g/mol. The lowest BCUT2D eigenvalue weighted by molar-refractivity contribution is 0.666. The number of hydrogen-bond donors (Lipinski definition) is 2. The molecule has 0 fully saturated rings. The van der Waals surface area contributed by atoms with Crippen LogP contribution in [-0.2, 0) is 13.1 Å². The van der Waals surface area contributed by atoms with Crippen molar-refractivity contribution in [1.82, 2.24) is 15.3 Å². The van der Waals surface area contributed by atoms with Gasteiger partial charge in [0.25, 0.3) is 5.56 Å². The molecule has 1 aromatic rings. The Labute approximate surface area is 82.8 Å². The molecule has 4 heteroatoms. The highest BCUT2D eigenvalue weighted by Gasteiger charge is 2.17. The molecule has 2 heterocycles. The number of nitrogens with one attached hydrogen (secondary N) is 2. The van der Waals surface area contributed by atoms with Crippen LogP contribution in [0.1, 0.15) is 43.3 Å². The second-order valence-corrected chi connectivity index (χ2v) is 3.79. The molecule has 0 saturated carbocycles. The third kappa shape index (κ3) is 1.46. The summed E-state index contributed by atoms with van der Waals surface area (Å²) in [5, 5.41) is 3.13. The highest BCUT2D eigenvalue weighted by atomic mass is 16.1. The van der Waals surface area contributed by atoms with E-state index >= 15 is 0 Å². The summed E-state index contributed by atoms with van der Waals surface area (Å²) in [7, 11) is 0. The molecule has 4 nitrogen and oxygen atoms in total. The summed E-state index contributed by atoms with van der Waals surface area (Å²) in [6.45, 7) is 5.55. The van der Waals surface area contributed by atoms with Crippen molar-refractivity contribution in [3.63, 3.8) is 0 Å². The number of H-pyrrole nitrogens is 1. The van der Waals surface area contributed by atoms with Gasteiger partial charge in [0.2, 0.25) is 0 Å². The molecule has 1 aromatic heterocycles. The first-order chi connectivity index (χ1) is 6.72. The maximum atomic E-state index is 11.6. The van der Waals surface area contributed by atoms with Crippen LogP contribution in [0.25, 0.3) is 0 Å². The van der Waals surface area contributed by atoms with Crippen LogP contribution in [0.4, 0.5) is 0 Å². The van der Waals surface area contributed by atoms with Crippen molar-refractivity contribution in [2.45, 2.75) is 39.3 Å². The fourth-order valence-corrected chi connectivity index (χ4v) is 1.62. The highest BCUT2D eigenvalue weighted by Crippen LogP contribution is 2.15. The molecule has 76 valence electrons. The molecule has 0 aliphatic carbocycles. The van der Waals surface area contributed by atoms with Gasteiger partial charge in [0.15, 0.2) is 0 Å². The van der Waals surface area contributed by atoms with Crippen LogP contribution in [0, 0.1) is 0 Å². The van der Waals surface area contributed by atoms with Gasteiger partial charge in [-0.05, 0) is 6.42 Å². The van der Waals surface area contributed by atoms with Crippen LogP contribution >= 0.6 is 0 Å². The van der Waals surface area contributed by atoms with E-state index in [1.807, 2.05) is 0 Å². The molecule has 2 rings (SSSR count). The lowest BCUT2D eigenvalue weighted by Gasteiger charge is -2.08. The number of fused-ring (bicyclic) bond motifs is 1. The fourth-order valence-electron chi connectivity index (χ4n) is 1.62. The third-order valence-corrected chi connectivity index (χ3v) is 2.79. The maximum absolute atomic E-state index is 11.6. The Morgan fingerprint density at radius 1 is 1.50 bits per heavy atom. The Morgan fingerprint density at radius 2 is 2.29 bits per heavy atom. The first kappa shape index (κ1) is 9.40. The smallest absolute Gasteiger partial charge is 0.255 e. The summed E-state index contributed by atoms with van der Waals surface area (Å²) in [5.74, 6) is 1.15. The summed E-state index contributed by atoms with van der Waals surface area (Å²) in [6, 6.07) is 0. The number of aromatic amines is 1. The normalized spacial score (nSPS) is 16.7. The Bertz CT molecular complexity index is 397. The van der Waals surface area contributed by atoms with Crippen molar-refractivity contribution in [1.29, 1.82) is 0 Å². The summed E-state index contributed by atoms with van der Waals surface area (Å²) >= 11 is 0. The van der Waals surface area contributed by atoms with E-state index in [1.165, 1.54) is 0 Å². The van der Waals surface area contributed by atoms with Gasteiger partial charge in [0, 0.05) is 19.0 Å². The fraction of sp³-hybridized carbons (Fsp3) is 0.600. The van der Waals surface area contributed by atoms with Gasteiger partial charge < -0.3 is 10.3 Å². The average molecular weight is 193 g/mol. The minimum absolute atomic E-state index is 0.0234. The van der Waals surface area contributed by atoms with E-state index in [2.05, 4.69) is 29.1 Å². The summed E-state index contributed by atoms with van der Waals surface area (Å²) in [5.41, 5.74) is 1.75. The highest BCUT2D eigenvalue weighted by molar-refractivity contribution is 5.22. The van der Waals surface area contributed by atoms with E-state index < -0.39 is 0 Å². The lowest BCUT2D eigenvalue weighted by Crippen LogP contribution is -2.18. The van der Waals surface area contributed by atoms with Crippen LogP contribution in [0.3, 0.4) is 0 Å². The minimum Gasteiger partial charge on any atom is -0.310 e. The van der Waals surface area contributed by atoms with Crippen LogP contribution < -0.4 is 10.9 Å². The molecule has 2 N–H and O–H groups in total. The predicted molar refractivity (Wildman–Crippen MR) is 54.1 cm³/mol. The molecule has 1 aliphatic rings. The van der Waals surface area contributed by atoms with Gasteiger partial charge in [-0.25, -0.2) is 4.98 Å². The SMILES string of the molecule is CCC(C)c1nc2c(c(=O)[nH]1)CNC2. The Hall–Kier alpha value is -1.16. The van der Waals surface area contributed by atoms with Crippen molar-refractivity contribution >= 4 is 0 Å². The predicted octanol–water partition coefficient (Wildman–Crippen LogP) is 0.887. The van der Waals surface area contributed by atoms with Gasteiger partial charge in [-0.1, -0.05) is 13.8 Å². The van der Waals surface area contributed by atoms with E-state index in [1.54, 1.807) is 0 Å². The van der Waals surface area contributed by atoms with Gasteiger partial charge in [-0.3, -0.25) is 4.79 Å². The Kier molecular flexibility index (Phi) is 2.37. The van der Waals surface area contributed by atoms with Crippen LogP contribution in [0.2, 0.25) is 0 Å². The molecule has 1 aliphatic heterocycles. The Balaban J connectivity index is 2.47. The van der Waals surface area contributed by atoms with Crippen molar-refractivity contribution < 1.29 is 0 Å². The molecule has 1 atom stereocenters. The molecule has 0 bridgehead atoms. The molecule has 14 heavy (non-hydrogen) atoms. The number of hydrogen-bond acceptors (Lipinski definition) is 3. The summed E-state index contributed by atoms with van der Waals surface area (Å²) in [6.07, 6.45) is 0.995. The topological polar surface area (TPSA) is 57.8 Å². The first-order valence-electron chi connectivity index (χ1n) is 5.05. The number of rotatable bonds is 2. The molecule has 0 saturated heterocycles. The van der Waals surface area contributed by atoms with Gasteiger partial charge >= 0.3 is 0 Å². The summed E-state index contributed by atoms with van der Waals surface area (Å²) in [4.78, 5) is 18.9. The van der Waals surface area contributed by atoms with E-state index in [-0.39, 0.29) is 5.56 Å². The van der Waals surface area contributed by atoms with E-state index in [0.717, 1.165) is 30.0 Å². The zero-order chi connectivity index (χ0) is 10.1. The van der Waals surface area contributed by atoms with Crippen molar-refractivity contribution in [3.05, 3.63) is 27.4 Å². The van der Waals surface area contributed by atoms with Crippen LogP contribution in [-0.4, -0.2) is 9.97 Å². The third-order valence-electron chi connectivity index (χ3n) is 2.79. The van der Waals surface area contributed by atoms with Gasteiger partial charge in [-0.2, -0.15) is 0 Å². The quantitative estimate of drug-likeness (QED) is 0.733. The maximum Gasteiger partial charge on any atom is 0.255 e. The molecule has 0 radical (unpaired) electrons. The lowest BCUT2D eigenvalue weighted by atomic mass is 10.1. The zero-order valence-corrected chi connectivity index (χ0v) is 8.55. The number of nitrogens with zero attached hydrogens (tertiary/aromatic N) is 1. The largest absolute Gasteiger partial charge is 0.310 e. The van der Waals surface area contributed by atoms with Crippen molar-refractivity contribution in [2.75, 3.05) is 0 Å². The number of aromatic nitrogens is 2. The van der Waals surface area contributed by atoms with Crippen molar-refractivity contribution in [2.24, 2.45) is 0 Å².